The third-order valence-corrected chi connectivity index (χ3v) is 5.65. The molecule has 0 atom stereocenters. The van der Waals surface area contributed by atoms with Crippen LogP contribution in [0.15, 0.2) is 46.8 Å². The van der Waals surface area contributed by atoms with E-state index in [2.05, 4.69) is 38.0 Å². The first kappa shape index (κ1) is 21.3. The van der Waals surface area contributed by atoms with Gasteiger partial charge in [-0.3, -0.25) is 4.99 Å². The SMILES string of the molecule is CN=C(NCCOc1ccccc1C(F)(F)F)NC1CCN(c2cccs2)CC1. The summed E-state index contributed by atoms with van der Waals surface area (Å²) in [6.45, 7) is 2.41. The highest BCUT2D eigenvalue weighted by Gasteiger charge is 2.33. The van der Waals surface area contributed by atoms with Gasteiger partial charge in [-0.25, -0.2) is 0 Å². The van der Waals surface area contributed by atoms with Crippen LogP contribution in [-0.4, -0.2) is 45.3 Å². The van der Waals surface area contributed by atoms with Crippen molar-refractivity contribution in [2.24, 2.45) is 4.99 Å². The van der Waals surface area contributed by atoms with E-state index in [4.69, 9.17) is 4.74 Å². The quantitative estimate of drug-likeness (QED) is 0.417. The molecule has 1 aromatic heterocycles. The predicted molar refractivity (Wildman–Crippen MR) is 111 cm³/mol. The Morgan fingerprint density at radius 2 is 1.97 bits per heavy atom. The van der Waals surface area contributed by atoms with Gasteiger partial charge in [0.25, 0.3) is 0 Å². The zero-order valence-electron chi connectivity index (χ0n) is 16.2. The van der Waals surface area contributed by atoms with Crippen LogP contribution in [0.3, 0.4) is 0 Å². The number of nitrogens with zero attached hydrogens (tertiary/aromatic N) is 2. The van der Waals surface area contributed by atoms with Crippen LogP contribution in [0.5, 0.6) is 5.75 Å². The maximum Gasteiger partial charge on any atom is 0.419 e. The molecule has 0 bridgehead atoms. The van der Waals surface area contributed by atoms with Crippen molar-refractivity contribution in [1.29, 1.82) is 0 Å². The lowest BCUT2D eigenvalue weighted by Crippen LogP contribution is -2.49. The van der Waals surface area contributed by atoms with E-state index in [1.807, 2.05) is 0 Å². The van der Waals surface area contributed by atoms with Crippen molar-refractivity contribution < 1.29 is 17.9 Å². The molecule has 0 aliphatic carbocycles. The molecule has 2 N–H and O–H groups in total. The van der Waals surface area contributed by atoms with Crippen LogP contribution in [0.1, 0.15) is 18.4 Å². The number of hydrogen-bond acceptors (Lipinski definition) is 4. The summed E-state index contributed by atoms with van der Waals surface area (Å²) >= 11 is 1.75. The molecule has 1 aliphatic rings. The summed E-state index contributed by atoms with van der Waals surface area (Å²) in [5, 5.41) is 9.87. The molecule has 1 fully saturated rings. The lowest BCUT2D eigenvalue weighted by Gasteiger charge is -2.33. The second-order valence-corrected chi connectivity index (χ2v) is 7.62. The van der Waals surface area contributed by atoms with Crippen LogP contribution in [-0.2, 0) is 6.18 Å². The van der Waals surface area contributed by atoms with Crippen molar-refractivity contribution in [3.63, 3.8) is 0 Å². The number of guanidine groups is 1. The molecule has 0 spiro atoms. The number of para-hydroxylation sites is 1. The van der Waals surface area contributed by atoms with E-state index in [0.717, 1.165) is 32.0 Å². The van der Waals surface area contributed by atoms with Crippen molar-refractivity contribution in [1.82, 2.24) is 10.6 Å². The first-order chi connectivity index (χ1) is 14.0. The predicted octanol–water partition coefficient (Wildman–Crippen LogP) is 3.98. The highest BCUT2D eigenvalue weighted by Crippen LogP contribution is 2.35. The molecule has 0 amide bonds. The molecule has 0 saturated carbocycles. The number of benzene rings is 1. The first-order valence-corrected chi connectivity index (χ1v) is 10.4. The molecule has 1 aliphatic heterocycles. The van der Waals surface area contributed by atoms with Crippen LogP contribution in [0.2, 0.25) is 0 Å². The number of rotatable bonds is 6. The number of halogens is 3. The smallest absolute Gasteiger partial charge is 0.419 e. The lowest BCUT2D eigenvalue weighted by molar-refractivity contribution is -0.138. The summed E-state index contributed by atoms with van der Waals surface area (Å²) < 4.78 is 44.3. The van der Waals surface area contributed by atoms with E-state index in [-0.39, 0.29) is 12.4 Å². The molecule has 9 heteroatoms. The van der Waals surface area contributed by atoms with Gasteiger partial charge in [-0.1, -0.05) is 12.1 Å². The van der Waals surface area contributed by atoms with Gasteiger partial charge in [0.15, 0.2) is 5.96 Å². The zero-order valence-corrected chi connectivity index (χ0v) is 17.0. The van der Waals surface area contributed by atoms with Crippen LogP contribution < -0.4 is 20.3 Å². The highest BCUT2D eigenvalue weighted by molar-refractivity contribution is 7.14. The Morgan fingerprint density at radius 1 is 1.21 bits per heavy atom. The molecule has 158 valence electrons. The van der Waals surface area contributed by atoms with Crippen molar-refractivity contribution in [3.05, 3.63) is 47.3 Å². The van der Waals surface area contributed by atoms with Crippen LogP contribution in [0.25, 0.3) is 0 Å². The molecule has 1 aromatic carbocycles. The fourth-order valence-corrected chi connectivity index (χ4v) is 4.02. The van der Waals surface area contributed by atoms with Crippen LogP contribution in [0, 0.1) is 0 Å². The van der Waals surface area contributed by atoms with E-state index in [1.54, 1.807) is 18.4 Å². The number of aliphatic imine (C=N–C) groups is 1. The molecule has 5 nitrogen and oxygen atoms in total. The second-order valence-electron chi connectivity index (χ2n) is 6.70. The minimum atomic E-state index is -4.43. The fourth-order valence-electron chi connectivity index (χ4n) is 3.24. The van der Waals surface area contributed by atoms with Crippen molar-refractivity contribution in [2.45, 2.75) is 25.1 Å². The van der Waals surface area contributed by atoms with Gasteiger partial charge in [-0.2, -0.15) is 13.2 Å². The lowest BCUT2D eigenvalue weighted by atomic mass is 10.1. The Bertz CT molecular complexity index is 787. The Kier molecular flexibility index (Phi) is 7.24. The molecule has 0 unspecified atom stereocenters. The molecule has 29 heavy (non-hydrogen) atoms. The maximum atomic E-state index is 13.0. The topological polar surface area (TPSA) is 48.9 Å². The third kappa shape index (κ3) is 6.03. The molecular weight excluding hydrogens is 401 g/mol. The van der Waals surface area contributed by atoms with Crippen molar-refractivity contribution in [3.8, 4) is 5.75 Å². The number of ether oxygens (including phenoxy) is 1. The van der Waals surface area contributed by atoms with Gasteiger partial charge >= 0.3 is 6.18 Å². The number of nitrogens with one attached hydrogen (secondary N) is 2. The summed E-state index contributed by atoms with van der Waals surface area (Å²) in [4.78, 5) is 6.58. The summed E-state index contributed by atoms with van der Waals surface area (Å²) in [6, 6.07) is 9.73. The minimum Gasteiger partial charge on any atom is -0.491 e. The van der Waals surface area contributed by atoms with Crippen LogP contribution in [0.4, 0.5) is 18.2 Å². The van der Waals surface area contributed by atoms with Gasteiger partial charge in [-0.05, 0) is 42.5 Å². The van der Waals surface area contributed by atoms with E-state index in [1.165, 1.54) is 23.2 Å². The largest absolute Gasteiger partial charge is 0.491 e. The van der Waals surface area contributed by atoms with E-state index >= 15 is 0 Å². The molecule has 3 rings (SSSR count). The Labute approximate surface area is 172 Å². The summed E-state index contributed by atoms with van der Waals surface area (Å²) in [6.07, 6.45) is -2.44. The Morgan fingerprint density at radius 3 is 2.62 bits per heavy atom. The standard InChI is InChI=1S/C20H25F3N4OS/c1-24-19(26-15-8-11-27(12-9-15)18-7-4-14-29-18)25-10-13-28-17-6-3-2-5-16(17)20(21,22)23/h2-7,14-15H,8-13H2,1H3,(H2,24,25,26). The van der Waals surface area contributed by atoms with Gasteiger partial charge < -0.3 is 20.3 Å². The fraction of sp³-hybridized carbons (Fsp3) is 0.450. The monoisotopic (exact) mass is 426 g/mol. The summed E-state index contributed by atoms with van der Waals surface area (Å²) in [5.74, 6) is 0.470. The number of hydrogen-bond donors (Lipinski definition) is 2. The molecule has 0 radical (unpaired) electrons. The summed E-state index contributed by atoms with van der Waals surface area (Å²) in [5.41, 5.74) is -0.764. The highest BCUT2D eigenvalue weighted by atomic mass is 32.1. The average Bonchev–Trinajstić information content (AvgIpc) is 3.25. The number of thiophene rings is 1. The van der Waals surface area contributed by atoms with Crippen molar-refractivity contribution in [2.75, 3.05) is 38.2 Å². The Balaban J connectivity index is 1.41. The van der Waals surface area contributed by atoms with Gasteiger partial charge in [0.1, 0.15) is 12.4 Å². The maximum absolute atomic E-state index is 13.0. The minimum absolute atomic E-state index is 0.102. The molecule has 2 aromatic rings. The normalized spacial score (nSPS) is 16.0. The molecule has 2 heterocycles. The van der Waals surface area contributed by atoms with Crippen LogP contribution >= 0.6 is 11.3 Å². The van der Waals surface area contributed by atoms with Gasteiger partial charge in [0.2, 0.25) is 0 Å². The van der Waals surface area contributed by atoms with E-state index in [9.17, 15) is 13.2 Å². The van der Waals surface area contributed by atoms with E-state index in [0.29, 0.717) is 18.5 Å². The third-order valence-electron chi connectivity index (χ3n) is 4.72. The van der Waals surface area contributed by atoms with Gasteiger partial charge in [0.05, 0.1) is 17.1 Å². The number of alkyl halides is 3. The van der Waals surface area contributed by atoms with Gasteiger partial charge in [0, 0.05) is 26.2 Å². The zero-order chi connectivity index (χ0) is 20.7. The number of piperidine rings is 1. The summed E-state index contributed by atoms with van der Waals surface area (Å²) in [7, 11) is 1.68. The second kappa shape index (κ2) is 9.87. The molecular formula is C20H25F3N4OS. The first-order valence-electron chi connectivity index (χ1n) is 9.52. The van der Waals surface area contributed by atoms with Gasteiger partial charge in [-0.15, -0.1) is 11.3 Å². The number of anilines is 1. The average molecular weight is 427 g/mol. The Hall–Kier alpha value is -2.42. The van der Waals surface area contributed by atoms with E-state index < -0.39 is 11.7 Å². The molecule has 1 saturated heterocycles. The van der Waals surface area contributed by atoms with Crippen molar-refractivity contribution >= 4 is 22.3 Å².